The minimum atomic E-state index is -0.360. The lowest BCUT2D eigenvalue weighted by atomic mass is 10.0. The maximum atomic E-state index is 13.0. The first-order valence-electron chi connectivity index (χ1n) is 11.0. The van der Waals surface area contributed by atoms with Crippen LogP contribution in [-0.4, -0.2) is 54.9 Å². The molecule has 1 aliphatic carbocycles. The van der Waals surface area contributed by atoms with Crippen LogP contribution in [0.25, 0.3) is 0 Å². The van der Waals surface area contributed by atoms with Crippen molar-refractivity contribution in [2.45, 2.75) is 19.4 Å². The van der Waals surface area contributed by atoms with Gasteiger partial charge in [-0.15, -0.1) is 0 Å². The standard InChI is InChI=1S/C25H28N4O3/c1-17-14-22(17)24(30)27-20-5-3-4-19(15-20)25(31)29-12-10-28(11-13-29)23(16-26)18-6-8-21(32-2)9-7-18/h3-9,15,17,22-23H,10-14H2,1-2H3,(H,27,30). The number of carbonyl (C=O) groups excluding carboxylic acids is 2. The van der Waals surface area contributed by atoms with Crippen molar-refractivity contribution in [3.05, 3.63) is 59.7 Å². The van der Waals surface area contributed by atoms with E-state index in [1.807, 2.05) is 35.2 Å². The molecule has 166 valence electrons. The highest BCUT2D eigenvalue weighted by Crippen LogP contribution is 2.38. The predicted molar refractivity (Wildman–Crippen MR) is 121 cm³/mol. The number of methoxy groups -OCH3 is 1. The molecule has 1 saturated heterocycles. The van der Waals surface area contributed by atoms with Crippen molar-refractivity contribution in [1.82, 2.24) is 9.80 Å². The number of piperazine rings is 1. The normalized spacial score (nSPS) is 21.3. The molecule has 3 atom stereocenters. The molecule has 2 fully saturated rings. The number of hydrogen-bond donors (Lipinski definition) is 1. The Bertz CT molecular complexity index is 1020. The molecule has 7 nitrogen and oxygen atoms in total. The van der Waals surface area contributed by atoms with E-state index in [9.17, 15) is 14.9 Å². The van der Waals surface area contributed by atoms with E-state index in [0.717, 1.165) is 17.7 Å². The lowest BCUT2D eigenvalue weighted by Crippen LogP contribution is -2.49. The van der Waals surface area contributed by atoms with Gasteiger partial charge in [0.1, 0.15) is 11.8 Å². The van der Waals surface area contributed by atoms with Crippen molar-refractivity contribution in [2.75, 3.05) is 38.6 Å². The first kappa shape index (κ1) is 21.8. The monoisotopic (exact) mass is 432 g/mol. The van der Waals surface area contributed by atoms with Gasteiger partial charge in [-0.1, -0.05) is 25.1 Å². The number of ether oxygens (including phenoxy) is 1. The lowest BCUT2D eigenvalue weighted by Gasteiger charge is -2.37. The van der Waals surface area contributed by atoms with Gasteiger partial charge in [0.25, 0.3) is 5.91 Å². The van der Waals surface area contributed by atoms with E-state index in [1.54, 1.807) is 25.3 Å². The number of nitrogens with zero attached hydrogens (tertiary/aromatic N) is 3. The van der Waals surface area contributed by atoms with E-state index in [-0.39, 0.29) is 23.8 Å². The molecule has 4 rings (SSSR count). The number of benzene rings is 2. The molecule has 32 heavy (non-hydrogen) atoms. The Morgan fingerprint density at radius 3 is 2.41 bits per heavy atom. The largest absolute Gasteiger partial charge is 0.497 e. The fourth-order valence-electron chi connectivity index (χ4n) is 4.17. The van der Waals surface area contributed by atoms with Crippen LogP contribution >= 0.6 is 0 Å². The second-order valence-corrected chi connectivity index (χ2v) is 8.52. The second-order valence-electron chi connectivity index (χ2n) is 8.52. The molecule has 1 heterocycles. The summed E-state index contributed by atoms with van der Waals surface area (Å²) in [5, 5.41) is 12.7. The van der Waals surface area contributed by atoms with Crippen molar-refractivity contribution < 1.29 is 14.3 Å². The third kappa shape index (κ3) is 4.76. The van der Waals surface area contributed by atoms with Crippen LogP contribution in [-0.2, 0) is 4.79 Å². The Morgan fingerprint density at radius 1 is 1.12 bits per heavy atom. The molecule has 2 aromatic rings. The van der Waals surface area contributed by atoms with Crippen LogP contribution in [0.3, 0.4) is 0 Å². The van der Waals surface area contributed by atoms with Crippen LogP contribution in [0.1, 0.15) is 35.3 Å². The first-order chi connectivity index (χ1) is 15.5. The Morgan fingerprint density at radius 2 is 1.81 bits per heavy atom. The smallest absolute Gasteiger partial charge is 0.254 e. The average molecular weight is 433 g/mol. The van der Waals surface area contributed by atoms with Crippen LogP contribution in [0.5, 0.6) is 5.75 Å². The summed E-state index contributed by atoms with van der Waals surface area (Å²) in [5.41, 5.74) is 2.14. The molecule has 2 aromatic carbocycles. The Kier molecular flexibility index (Phi) is 6.42. The van der Waals surface area contributed by atoms with Crippen LogP contribution in [0, 0.1) is 23.2 Å². The highest BCUT2D eigenvalue weighted by molar-refractivity contribution is 5.98. The Labute approximate surface area is 188 Å². The summed E-state index contributed by atoms with van der Waals surface area (Å²) in [6.45, 7) is 4.39. The van der Waals surface area contributed by atoms with Crippen LogP contribution in [0.4, 0.5) is 5.69 Å². The van der Waals surface area contributed by atoms with Gasteiger partial charge in [0.2, 0.25) is 5.91 Å². The van der Waals surface area contributed by atoms with E-state index in [2.05, 4.69) is 23.2 Å². The fourth-order valence-corrected chi connectivity index (χ4v) is 4.17. The highest BCUT2D eigenvalue weighted by Gasteiger charge is 2.39. The third-order valence-corrected chi connectivity index (χ3v) is 6.34. The van der Waals surface area contributed by atoms with Crippen molar-refractivity contribution in [3.63, 3.8) is 0 Å². The highest BCUT2D eigenvalue weighted by atomic mass is 16.5. The predicted octanol–water partition coefficient (Wildman–Crippen LogP) is 3.31. The average Bonchev–Trinajstić information content (AvgIpc) is 3.57. The zero-order valence-corrected chi connectivity index (χ0v) is 18.5. The van der Waals surface area contributed by atoms with Gasteiger partial charge in [0, 0.05) is 43.3 Å². The molecule has 0 spiro atoms. The van der Waals surface area contributed by atoms with Crippen molar-refractivity contribution in [2.24, 2.45) is 11.8 Å². The molecule has 1 aliphatic heterocycles. The number of rotatable bonds is 6. The molecular formula is C25H28N4O3. The van der Waals surface area contributed by atoms with Gasteiger partial charge in [0.15, 0.2) is 0 Å². The summed E-state index contributed by atoms with van der Waals surface area (Å²) in [7, 11) is 1.62. The summed E-state index contributed by atoms with van der Waals surface area (Å²) >= 11 is 0. The van der Waals surface area contributed by atoms with Crippen molar-refractivity contribution >= 4 is 17.5 Å². The Balaban J connectivity index is 1.36. The number of amides is 2. The van der Waals surface area contributed by atoms with Gasteiger partial charge in [-0.2, -0.15) is 5.26 Å². The molecule has 3 unspecified atom stereocenters. The second kappa shape index (κ2) is 9.41. The molecule has 1 N–H and O–H groups in total. The van der Waals surface area contributed by atoms with Gasteiger partial charge >= 0.3 is 0 Å². The SMILES string of the molecule is COc1ccc(C(C#N)N2CCN(C(=O)c3cccc(NC(=O)C4CC4C)c3)CC2)cc1. The molecule has 1 saturated carbocycles. The van der Waals surface area contributed by atoms with Gasteiger partial charge in [-0.25, -0.2) is 0 Å². The summed E-state index contributed by atoms with van der Waals surface area (Å²) < 4.78 is 5.20. The molecule has 0 radical (unpaired) electrons. The maximum absolute atomic E-state index is 13.0. The van der Waals surface area contributed by atoms with Crippen LogP contribution < -0.4 is 10.1 Å². The van der Waals surface area contributed by atoms with Crippen molar-refractivity contribution in [1.29, 1.82) is 5.26 Å². The van der Waals surface area contributed by atoms with Crippen LogP contribution in [0.2, 0.25) is 0 Å². The minimum absolute atomic E-state index is 0.0248. The van der Waals surface area contributed by atoms with E-state index in [1.165, 1.54) is 0 Å². The summed E-state index contributed by atoms with van der Waals surface area (Å²) in [5.74, 6) is 1.24. The van der Waals surface area contributed by atoms with Gasteiger partial charge in [-0.05, 0) is 48.2 Å². The molecule has 0 aromatic heterocycles. The Hall–Kier alpha value is -3.37. The fraction of sp³-hybridized carbons (Fsp3) is 0.400. The zero-order valence-electron chi connectivity index (χ0n) is 18.5. The minimum Gasteiger partial charge on any atom is -0.497 e. The van der Waals surface area contributed by atoms with Gasteiger partial charge in [-0.3, -0.25) is 14.5 Å². The molecule has 2 amide bonds. The number of carbonyl (C=O) groups is 2. The molecule has 2 aliphatic rings. The van der Waals surface area contributed by atoms with Crippen LogP contribution in [0.15, 0.2) is 48.5 Å². The number of nitriles is 1. The lowest BCUT2D eigenvalue weighted by molar-refractivity contribution is -0.117. The quantitative estimate of drug-likeness (QED) is 0.757. The summed E-state index contributed by atoms with van der Waals surface area (Å²) in [6, 6.07) is 16.7. The van der Waals surface area contributed by atoms with Crippen molar-refractivity contribution in [3.8, 4) is 11.8 Å². The van der Waals surface area contributed by atoms with E-state index in [0.29, 0.717) is 43.3 Å². The van der Waals surface area contributed by atoms with E-state index >= 15 is 0 Å². The third-order valence-electron chi connectivity index (χ3n) is 6.34. The first-order valence-corrected chi connectivity index (χ1v) is 11.0. The topological polar surface area (TPSA) is 85.7 Å². The molecular weight excluding hydrogens is 404 g/mol. The number of anilines is 1. The molecule has 7 heteroatoms. The summed E-state index contributed by atoms with van der Waals surface area (Å²) in [4.78, 5) is 29.1. The summed E-state index contributed by atoms with van der Waals surface area (Å²) in [6.07, 6.45) is 0.926. The zero-order chi connectivity index (χ0) is 22.7. The van der Waals surface area contributed by atoms with Gasteiger partial charge < -0.3 is 15.0 Å². The maximum Gasteiger partial charge on any atom is 0.254 e. The van der Waals surface area contributed by atoms with Gasteiger partial charge in [0.05, 0.1) is 13.2 Å². The molecule has 0 bridgehead atoms. The van der Waals surface area contributed by atoms with E-state index < -0.39 is 0 Å². The van der Waals surface area contributed by atoms with E-state index in [4.69, 9.17) is 4.74 Å². The number of hydrogen-bond acceptors (Lipinski definition) is 5. The number of nitrogens with one attached hydrogen (secondary N) is 1.